The Bertz CT molecular complexity index is 411. The van der Waals surface area contributed by atoms with E-state index in [4.69, 9.17) is 14.9 Å². The number of hydrogen-bond acceptors (Lipinski definition) is 6. The van der Waals surface area contributed by atoms with Crippen LogP contribution in [0.5, 0.6) is 0 Å². The minimum absolute atomic E-state index is 0.178. The zero-order valence-corrected chi connectivity index (χ0v) is 13.3. The van der Waals surface area contributed by atoms with Gasteiger partial charge in [0, 0.05) is 26.2 Å². The Morgan fingerprint density at radius 1 is 1.29 bits per heavy atom. The summed E-state index contributed by atoms with van der Waals surface area (Å²) in [5.41, 5.74) is -0.367. The number of ether oxygens (including phenoxy) is 2. The Kier molecular flexibility index (Phi) is 8.11. The number of alkyl carbamates (subject to hydrolysis) is 1. The Labute approximate surface area is 125 Å². The summed E-state index contributed by atoms with van der Waals surface area (Å²) in [5.74, 6) is -0.406. The Morgan fingerprint density at radius 2 is 1.90 bits per heavy atom. The summed E-state index contributed by atoms with van der Waals surface area (Å²) in [6.07, 6.45) is 1.58. The van der Waals surface area contributed by atoms with E-state index in [0.717, 1.165) is 0 Å². The number of Topliss-reactive ketones (excluding diaryl/α,β-unsaturated/α-hetero) is 1. The standard InChI is InChI=1S/C14H25N3O4/c1-14(2,3)21-13(19)17-8-6-7-11(18)10(9-16-4)12(15)20-5/h9,15-16H,6-8H2,1-5H3,(H,17,19)/b10-9-,15-12?. The van der Waals surface area contributed by atoms with Crippen LogP contribution in [0.25, 0.3) is 0 Å². The fraction of sp³-hybridized carbons (Fsp3) is 0.643. The van der Waals surface area contributed by atoms with Crippen LogP contribution < -0.4 is 10.6 Å². The molecule has 0 fully saturated rings. The van der Waals surface area contributed by atoms with Gasteiger partial charge >= 0.3 is 6.09 Å². The molecule has 0 aromatic carbocycles. The highest BCUT2D eigenvalue weighted by molar-refractivity contribution is 6.18. The molecule has 0 aromatic heterocycles. The molecule has 7 heteroatoms. The normalized spacial score (nSPS) is 11.6. The molecule has 0 bridgehead atoms. The maximum Gasteiger partial charge on any atom is 0.407 e. The number of nitrogens with one attached hydrogen (secondary N) is 3. The lowest BCUT2D eigenvalue weighted by Crippen LogP contribution is -2.33. The first-order valence-electron chi connectivity index (χ1n) is 6.71. The van der Waals surface area contributed by atoms with Crippen LogP contribution in [0.15, 0.2) is 11.8 Å². The molecule has 0 rings (SSSR count). The zero-order chi connectivity index (χ0) is 16.5. The van der Waals surface area contributed by atoms with Crippen molar-refractivity contribution in [2.45, 2.75) is 39.2 Å². The number of rotatable bonds is 7. The van der Waals surface area contributed by atoms with Crippen molar-refractivity contribution in [2.24, 2.45) is 0 Å². The van der Waals surface area contributed by atoms with E-state index < -0.39 is 11.7 Å². The van der Waals surface area contributed by atoms with Crippen LogP contribution in [0, 0.1) is 5.41 Å². The number of carbonyl (C=O) groups excluding carboxylic acids is 2. The number of amides is 1. The van der Waals surface area contributed by atoms with Gasteiger partial charge in [-0.2, -0.15) is 0 Å². The van der Waals surface area contributed by atoms with E-state index in [9.17, 15) is 9.59 Å². The third-order valence-electron chi connectivity index (χ3n) is 2.29. The van der Waals surface area contributed by atoms with Crippen molar-refractivity contribution in [1.82, 2.24) is 10.6 Å². The summed E-state index contributed by atoms with van der Waals surface area (Å²) in [7, 11) is 2.98. The molecule has 0 atom stereocenters. The minimum Gasteiger partial charge on any atom is -0.481 e. The number of hydrogen-bond donors (Lipinski definition) is 3. The maximum absolute atomic E-state index is 11.9. The molecular formula is C14H25N3O4. The fourth-order valence-electron chi connectivity index (χ4n) is 1.42. The second-order valence-corrected chi connectivity index (χ2v) is 5.34. The van der Waals surface area contributed by atoms with Gasteiger partial charge in [0.25, 0.3) is 0 Å². The summed E-state index contributed by atoms with van der Waals surface area (Å²) >= 11 is 0. The molecule has 0 aromatic rings. The summed E-state index contributed by atoms with van der Waals surface area (Å²) in [6.45, 7) is 5.66. The average Bonchev–Trinajstić information content (AvgIpc) is 2.37. The Morgan fingerprint density at radius 3 is 2.38 bits per heavy atom. The van der Waals surface area contributed by atoms with Crippen molar-refractivity contribution in [2.75, 3.05) is 20.7 Å². The van der Waals surface area contributed by atoms with Gasteiger partial charge in [-0.15, -0.1) is 0 Å². The highest BCUT2D eigenvalue weighted by Gasteiger charge is 2.17. The molecule has 0 aliphatic carbocycles. The smallest absolute Gasteiger partial charge is 0.407 e. The van der Waals surface area contributed by atoms with E-state index in [1.165, 1.54) is 13.3 Å². The van der Waals surface area contributed by atoms with Crippen LogP contribution in [0.2, 0.25) is 0 Å². The molecule has 0 saturated heterocycles. The third-order valence-corrected chi connectivity index (χ3v) is 2.29. The number of carbonyl (C=O) groups is 2. The van der Waals surface area contributed by atoms with E-state index in [2.05, 4.69) is 10.6 Å². The molecule has 3 N–H and O–H groups in total. The van der Waals surface area contributed by atoms with Crippen molar-refractivity contribution < 1.29 is 19.1 Å². The SMILES string of the molecule is CN/C=C(\C(=N)OC)C(=O)CCCNC(=O)OC(C)(C)C. The van der Waals surface area contributed by atoms with Crippen LogP contribution in [0.4, 0.5) is 4.79 Å². The quantitative estimate of drug-likeness (QED) is 0.287. The molecule has 0 radical (unpaired) electrons. The van der Waals surface area contributed by atoms with Crippen molar-refractivity contribution in [3.8, 4) is 0 Å². The maximum atomic E-state index is 11.9. The minimum atomic E-state index is -0.545. The van der Waals surface area contributed by atoms with Crippen molar-refractivity contribution in [3.63, 3.8) is 0 Å². The lowest BCUT2D eigenvalue weighted by atomic mass is 10.1. The predicted molar refractivity (Wildman–Crippen MR) is 80.4 cm³/mol. The summed E-state index contributed by atoms with van der Waals surface area (Å²) in [5, 5.41) is 12.8. The third kappa shape index (κ3) is 8.67. The summed E-state index contributed by atoms with van der Waals surface area (Å²) in [4.78, 5) is 23.3. The molecule has 0 unspecified atom stereocenters. The topological polar surface area (TPSA) is 101 Å². The fourth-order valence-corrected chi connectivity index (χ4v) is 1.42. The molecule has 0 spiro atoms. The molecule has 21 heavy (non-hydrogen) atoms. The van der Waals surface area contributed by atoms with Crippen LogP contribution >= 0.6 is 0 Å². The molecule has 120 valence electrons. The van der Waals surface area contributed by atoms with Gasteiger partial charge in [0.15, 0.2) is 5.78 Å². The number of ketones is 1. The van der Waals surface area contributed by atoms with Gasteiger partial charge < -0.3 is 20.1 Å². The van der Waals surface area contributed by atoms with Crippen molar-refractivity contribution in [3.05, 3.63) is 11.8 Å². The van der Waals surface area contributed by atoms with Crippen LogP contribution in [-0.4, -0.2) is 44.1 Å². The molecule has 7 nitrogen and oxygen atoms in total. The van der Waals surface area contributed by atoms with Gasteiger partial charge in [-0.05, 0) is 27.2 Å². The molecule has 0 saturated carbocycles. The second-order valence-electron chi connectivity index (χ2n) is 5.34. The molecule has 0 aliphatic rings. The largest absolute Gasteiger partial charge is 0.481 e. The van der Waals surface area contributed by atoms with Gasteiger partial charge in [0.2, 0.25) is 5.90 Å². The van der Waals surface area contributed by atoms with Gasteiger partial charge in [0.1, 0.15) is 5.60 Å². The predicted octanol–water partition coefficient (Wildman–Crippen LogP) is 1.59. The summed E-state index contributed by atoms with van der Waals surface area (Å²) in [6, 6.07) is 0. The lowest BCUT2D eigenvalue weighted by Gasteiger charge is -2.19. The number of methoxy groups -OCH3 is 1. The van der Waals surface area contributed by atoms with Crippen molar-refractivity contribution >= 4 is 17.8 Å². The monoisotopic (exact) mass is 299 g/mol. The molecule has 1 amide bonds. The van der Waals surface area contributed by atoms with E-state index in [1.807, 2.05) is 0 Å². The Balaban J connectivity index is 4.17. The van der Waals surface area contributed by atoms with Gasteiger partial charge in [-0.1, -0.05) is 0 Å². The first-order valence-corrected chi connectivity index (χ1v) is 6.71. The lowest BCUT2D eigenvalue weighted by molar-refractivity contribution is -0.115. The first-order chi connectivity index (χ1) is 9.71. The van der Waals surface area contributed by atoms with Gasteiger partial charge in [-0.3, -0.25) is 10.2 Å². The molecule has 0 heterocycles. The van der Waals surface area contributed by atoms with E-state index in [-0.39, 0.29) is 23.7 Å². The zero-order valence-electron chi connectivity index (χ0n) is 13.3. The summed E-state index contributed by atoms with van der Waals surface area (Å²) < 4.78 is 9.83. The van der Waals surface area contributed by atoms with Crippen molar-refractivity contribution in [1.29, 1.82) is 5.41 Å². The van der Waals surface area contributed by atoms with E-state index in [1.54, 1.807) is 27.8 Å². The van der Waals surface area contributed by atoms with Crippen LogP contribution in [-0.2, 0) is 14.3 Å². The highest BCUT2D eigenvalue weighted by Crippen LogP contribution is 2.07. The van der Waals surface area contributed by atoms with Gasteiger partial charge in [0.05, 0.1) is 12.7 Å². The Hall–Kier alpha value is -2.05. The van der Waals surface area contributed by atoms with Gasteiger partial charge in [-0.25, -0.2) is 4.79 Å². The average molecular weight is 299 g/mol. The molecular weight excluding hydrogens is 274 g/mol. The highest BCUT2D eigenvalue weighted by atomic mass is 16.6. The van der Waals surface area contributed by atoms with Crippen LogP contribution in [0.3, 0.4) is 0 Å². The van der Waals surface area contributed by atoms with E-state index in [0.29, 0.717) is 13.0 Å². The van der Waals surface area contributed by atoms with Crippen LogP contribution in [0.1, 0.15) is 33.6 Å². The van der Waals surface area contributed by atoms with E-state index >= 15 is 0 Å². The first kappa shape index (κ1) is 18.9. The molecule has 0 aliphatic heterocycles. The second kappa shape index (κ2) is 8.99.